The van der Waals surface area contributed by atoms with Gasteiger partial charge in [0.15, 0.2) is 0 Å². The molecule has 0 bridgehead atoms. The molecule has 0 saturated carbocycles. The van der Waals surface area contributed by atoms with Crippen molar-refractivity contribution in [2.24, 2.45) is 0 Å². The summed E-state index contributed by atoms with van der Waals surface area (Å²) >= 11 is 1.17. The van der Waals surface area contributed by atoms with Gasteiger partial charge in [-0.3, -0.25) is 14.4 Å². The zero-order valence-corrected chi connectivity index (χ0v) is 14.3. The zero-order chi connectivity index (χ0) is 17.3. The maximum atomic E-state index is 12.5. The number of fused-ring (bicyclic) bond motifs is 1. The number of carboxylic acids is 1. The summed E-state index contributed by atoms with van der Waals surface area (Å²) in [5.74, 6) is -0.594. The second-order valence-corrected chi connectivity index (χ2v) is 6.71. The van der Waals surface area contributed by atoms with Gasteiger partial charge in [0.25, 0.3) is 11.5 Å². The second-order valence-electron chi connectivity index (χ2n) is 5.71. The molecule has 2 heterocycles. The summed E-state index contributed by atoms with van der Waals surface area (Å²) in [7, 11) is 1.55. The summed E-state index contributed by atoms with van der Waals surface area (Å²) in [4.78, 5) is 44.8. The summed E-state index contributed by atoms with van der Waals surface area (Å²) in [5, 5.41) is 9.14. The van der Waals surface area contributed by atoms with Crippen LogP contribution in [0.3, 0.4) is 0 Å². The molecule has 0 atom stereocenters. The third-order valence-corrected chi connectivity index (χ3v) is 4.74. The molecule has 2 rings (SSSR count). The smallest absolute Gasteiger partial charge is 0.305 e. The van der Waals surface area contributed by atoms with E-state index in [9.17, 15) is 14.4 Å². The molecule has 0 aliphatic heterocycles. The van der Waals surface area contributed by atoms with Crippen LogP contribution in [0.15, 0.2) is 4.79 Å². The molecule has 0 radical (unpaired) electrons. The minimum absolute atomic E-state index is 0.0758. The lowest BCUT2D eigenvalue weighted by Gasteiger charge is -2.15. The summed E-state index contributed by atoms with van der Waals surface area (Å²) in [6, 6.07) is 0. The summed E-state index contributed by atoms with van der Waals surface area (Å²) in [6.07, 6.45) is -0.123. The van der Waals surface area contributed by atoms with Crippen LogP contribution in [-0.4, -0.2) is 45.4 Å². The van der Waals surface area contributed by atoms with Gasteiger partial charge in [0.2, 0.25) is 0 Å². The fraction of sp³-hybridized carbons (Fsp3) is 0.467. The molecule has 0 unspecified atom stereocenters. The first-order valence-electron chi connectivity index (χ1n) is 7.23. The number of carbonyl (C=O) groups is 2. The topological polar surface area (TPSA) is 103 Å². The van der Waals surface area contributed by atoms with E-state index < -0.39 is 5.97 Å². The number of aliphatic carboxylic acids is 1. The van der Waals surface area contributed by atoms with Crippen LogP contribution in [0.1, 0.15) is 47.2 Å². The number of nitrogens with zero attached hydrogens (tertiary/aromatic N) is 2. The maximum absolute atomic E-state index is 12.5. The molecule has 0 saturated heterocycles. The molecule has 0 spiro atoms. The molecule has 8 heteroatoms. The Balaban J connectivity index is 2.44. The van der Waals surface area contributed by atoms with Crippen molar-refractivity contribution in [2.75, 3.05) is 13.6 Å². The maximum Gasteiger partial charge on any atom is 0.305 e. The van der Waals surface area contributed by atoms with E-state index in [0.717, 1.165) is 0 Å². The van der Waals surface area contributed by atoms with Crippen molar-refractivity contribution in [1.82, 2.24) is 14.9 Å². The number of carboxylic acid groups (broad SMARTS) is 1. The van der Waals surface area contributed by atoms with Gasteiger partial charge < -0.3 is 15.0 Å². The third kappa shape index (κ3) is 3.42. The number of thiophene rings is 1. The van der Waals surface area contributed by atoms with Gasteiger partial charge in [0.1, 0.15) is 10.7 Å². The lowest BCUT2D eigenvalue weighted by Crippen LogP contribution is -2.28. The number of H-pyrrole nitrogens is 1. The van der Waals surface area contributed by atoms with Crippen molar-refractivity contribution in [2.45, 2.75) is 33.1 Å². The van der Waals surface area contributed by atoms with Crippen LogP contribution in [0.25, 0.3) is 10.2 Å². The molecule has 0 aliphatic carbocycles. The Morgan fingerprint density at radius 3 is 2.61 bits per heavy atom. The predicted octanol–water partition coefficient (Wildman–Crippen LogP) is 1.96. The highest BCUT2D eigenvalue weighted by molar-refractivity contribution is 7.20. The molecule has 7 nitrogen and oxygen atoms in total. The first-order valence-corrected chi connectivity index (χ1v) is 8.04. The number of hydrogen-bond acceptors (Lipinski definition) is 5. The van der Waals surface area contributed by atoms with Crippen LogP contribution in [0.2, 0.25) is 0 Å². The fourth-order valence-corrected chi connectivity index (χ4v) is 3.36. The van der Waals surface area contributed by atoms with E-state index in [-0.39, 0.29) is 30.3 Å². The molecule has 2 aromatic rings. The van der Waals surface area contributed by atoms with Crippen LogP contribution in [0.4, 0.5) is 0 Å². The Labute approximate surface area is 137 Å². The first kappa shape index (κ1) is 17.1. The second kappa shape index (κ2) is 6.49. The van der Waals surface area contributed by atoms with Gasteiger partial charge in [0, 0.05) is 19.5 Å². The Bertz CT molecular complexity index is 822. The number of carbonyl (C=O) groups excluding carboxylic acids is 1. The van der Waals surface area contributed by atoms with Gasteiger partial charge in [-0.2, -0.15) is 0 Å². The summed E-state index contributed by atoms with van der Waals surface area (Å²) < 4.78 is 0. The van der Waals surface area contributed by atoms with Crippen molar-refractivity contribution in [3.8, 4) is 0 Å². The van der Waals surface area contributed by atoms with Gasteiger partial charge in [-0.1, -0.05) is 13.8 Å². The van der Waals surface area contributed by atoms with Gasteiger partial charge in [-0.05, 0) is 12.5 Å². The summed E-state index contributed by atoms with van der Waals surface area (Å²) in [6.45, 7) is 5.68. The van der Waals surface area contributed by atoms with E-state index in [1.165, 1.54) is 16.2 Å². The van der Waals surface area contributed by atoms with Crippen molar-refractivity contribution in [3.63, 3.8) is 0 Å². The standard InChI is InChI=1S/C15H19N3O4S/c1-7(2)12-16-13(21)10-8(3)11(23-14(10)17-12)15(22)18(4)6-5-9(19)20/h7H,5-6H2,1-4H3,(H,19,20)(H,16,17,21). The normalized spacial score (nSPS) is 11.2. The molecule has 0 aliphatic rings. The van der Waals surface area contributed by atoms with Gasteiger partial charge in [-0.25, -0.2) is 4.98 Å². The van der Waals surface area contributed by atoms with Crippen LogP contribution in [-0.2, 0) is 4.79 Å². The van der Waals surface area contributed by atoms with E-state index in [0.29, 0.717) is 26.5 Å². The number of aromatic nitrogens is 2. The SMILES string of the molecule is Cc1c(C(=O)N(C)CCC(=O)O)sc2nc(C(C)C)[nH]c(=O)c12. The van der Waals surface area contributed by atoms with Crippen molar-refractivity contribution < 1.29 is 14.7 Å². The number of aryl methyl sites for hydroxylation is 1. The summed E-state index contributed by atoms with van der Waals surface area (Å²) in [5.41, 5.74) is 0.334. The molecule has 2 N–H and O–H groups in total. The lowest BCUT2D eigenvalue weighted by molar-refractivity contribution is -0.137. The Kier molecular flexibility index (Phi) is 4.84. The van der Waals surface area contributed by atoms with Crippen molar-refractivity contribution in [3.05, 3.63) is 26.6 Å². The Morgan fingerprint density at radius 2 is 2.04 bits per heavy atom. The fourth-order valence-electron chi connectivity index (χ4n) is 2.18. The molecular weight excluding hydrogens is 318 g/mol. The zero-order valence-electron chi connectivity index (χ0n) is 13.5. The lowest BCUT2D eigenvalue weighted by atomic mass is 10.2. The highest BCUT2D eigenvalue weighted by Crippen LogP contribution is 2.28. The number of amides is 1. The quantitative estimate of drug-likeness (QED) is 0.868. The first-order chi connectivity index (χ1) is 10.7. The van der Waals surface area contributed by atoms with Gasteiger partial charge in [-0.15, -0.1) is 11.3 Å². The molecule has 0 fully saturated rings. The highest BCUT2D eigenvalue weighted by atomic mass is 32.1. The van der Waals surface area contributed by atoms with Gasteiger partial charge >= 0.3 is 5.97 Å². The third-order valence-electron chi connectivity index (χ3n) is 3.57. The van der Waals surface area contributed by atoms with Crippen LogP contribution < -0.4 is 5.56 Å². The Morgan fingerprint density at radius 1 is 1.39 bits per heavy atom. The van der Waals surface area contributed by atoms with Crippen molar-refractivity contribution in [1.29, 1.82) is 0 Å². The highest BCUT2D eigenvalue weighted by Gasteiger charge is 2.22. The molecule has 2 aromatic heterocycles. The van der Waals surface area contributed by atoms with E-state index in [4.69, 9.17) is 5.11 Å². The van der Waals surface area contributed by atoms with Crippen LogP contribution in [0.5, 0.6) is 0 Å². The van der Waals surface area contributed by atoms with E-state index >= 15 is 0 Å². The number of aromatic amines is 1. The molecule has 1 amide bonds. The van der Waals surface area contributed by atoms with E-state index in [1.54, 1.807) is 14.0 Å². The van der Waals surface area contributed by atoms with E-state index in [1.807, 2.05) is 13.8 Å². The molecule has 23 heavy (non-hydrogen) atoms. The molecule has 124 valence electrons. The molecule has 0 aromatic carbocycles. The minimum Gasteiger partial charge on any atom is -0.481 e. The number of rotatable bonds is 5. The van der Waals surface area contributed by atoms with E-state index in [2.05, 4.69) is 9.97 Å². The number of nitrogens with one attached hydrogen (secondary N) is 1. The number of hydrogen-bond donors (Lipinski definition) is 2. The van der Waals surface area contributed by atoms with Crippen molar-refractivity contribution >= 4 is 33.4 Å². The average molecular weight is 337 g/mol. The predicted molar refractivity (Wildman–Crippen MR) is 88.3 cm³/mol. The van der Waals surface area contributed by atoms with Gasteiger partial charge in [0.05, 0.1) is 16.7 Å². The average Bonchev–Trinajstić information content (AvgIpc) is 2.81. The monoisotopic (exact) mass is 337 g/mol. The van der Waals surface area contributed by atoms with Crippen LogP contribution in [0, 0.1) is 6.92 Å². The minimum atomic E-state index is -0.961. The van der Waals surface area contributed by atoms with Crippen LogP contribution >= 0.6 is 11.3 Å². The molecular formula is C15H19N3O4S. The largest absolute Gasteiger partial charge is 0.481 e. The Hall–Kier alpha value is -2.22.